The largest absolute Gasteiger partial charge is 0.482 e. The van der Waals surface area contributed by atoms with Crippen molar-refractivity contribution in [1.82, 2.24) is 0 Å². The molecule has 0 unspecified atom stereocenters. The smallest absolute Gasteiger partial charge is 0.271 e. The number of nitrogens with two attached hydrogens (primary N) is 1. The highest BCUT2D eigenvalue weighted by Crippen LogP contribution is 2.33. The third kappa shape index (κ3) is 2.11. The molecule has 0 radical (unpaired) electrons. The molecule has 2 N–H and O–H groups in total. The van der Waals surface area contributed by atoms with E-state index in [0.717, 1.165) is 10.5 Å². The molecule has 1 aromatic carbocycles. The normalized spacial score (nSPS) is 14.2. The molecule has 1 aliphatic rings. The minimum Gasteiger partial charge on any atom is -0.482 e. The number of alkyl halides is 1. The predicted octanol–water partition coefficient (Wildman–Crippen LogP) is 0.636. The fraction of sp³-hybridized carbons (Fsp3) is 0.273. The lowest BCUT2D eigenvalue weighted by Gasteiger charge is -2.27. The summed E-state index contributed by atoms with van der Waals surface area (Å²) in [4.78, 5) is 24.3. The van der Waals surface area contributed by atoms with Crippen LogP contribution in [-0.4, -0.2) is 24.3 Å². The first-order valence-electron chi connectivity index (χ1n) is 5.05. The highest BCUT2D eigenvalue weighted by atomic mass is 35.5. The fourth-order valence-electron chi connectivity index (χ4n) is 1.66. The molecule has 0 saturated heterocycles. The molecular weight excluding hydrogens is 244 g/mol. The van der Waals surface area contributed by atoms with Crippen molar-refractivity contribution in [3.05, 3.63) is 23.8 Å². The van der Waals surface area contributed by atoms with Gasteiger partial charge in [-0.15, -0.1) is 11.6 Å². The number of hydrogen-bond donors (Lipinski definition) is 1. The summed E-state index contributed by atoms with van der Waals surface area (Å²) in [5.74, 6) is -0.647. The predicted molar refractivity (Wildman–Crippen MR) is 63.0 cm³/mol. The molecule has 2 rings (SSSR count). The van der Waals surface area contributed by atoms with E-state index in [1.54, 1.807) is 18.2 Å². The zero-order valence-electron chi connectivity index (χ0n) is 8.98. The maximum Gasteiger partial charge on any atom is 0.271 e. The number of rotatable bonds is 2. The second kappa shape index (κ2) is 4.73. The van der Waals surface area contributed by atoms with Gasteiger partial charge in [-0.1, -0.05) is 6.07 Å². The van der Waals surface area contributed by atoms with E-state index in [1.807, 2.05) is 0 Å². The number of benzene rings is 1. The molecule has 0 aliphatic carbocycles. The number of carbonyl (C=O) groups is 2. The van der Waals surface area contributed by atoms with Gasteiger partial charge < -0.3 is 10.5 Å². The molecule has 0 aromatic heterocycles. The van der Waals surface area contributed by atoms with Crippen LogP contribution in [0.25, 0.3) is 0 Å². The number of ether oxygens (including phenoxy) is 1. The molecule has 0 saturated carbocycles. The van der Waals surface area contributed by atoms with Gasteiger partial charge in [-0.25, -0.2) is 4.90 Å². The molecule has 90 valence electrons. The van der Waals surface area contributed by atoms with Crippen LogP contribution in [0.2, 0.25) is 0 Å². The Hall–Kier alpha value is -1.59. The van der Waals surface area contributed by atoms with E-state index >= 15 is 0 Å². The second-order valence-corrected chi connectivity index (χ2v) is 3.82. The van der Waals surface area contributed by atoms with Crippen molar-refractivity contribution in [3.8, 4) is 5.75 Å². The Labute approximate surface area is 103 Å². The highest BCUT2D eigenvalue weighted by Gasteiger charge is 2.30. The van der Waals surface area contributed by atoms with Crippen LogP contribution in [0, 0.1) is 0 Å². The maximum absolute atomic E-state index is 11.6. The van der Waals surface area contributed by atoms with Crippen LogP contribution in [-0.2, 0) is 16.1 Å². The summed E-state index contributed by atoms with van der Waals surface area (Å²) in [6.07, 6.45) is 0. The lowest BCUT2D eigenvalue weighted by atomic mass is 10.1. The van der Waals surface area contributed by atoms with E-state index in [9.17, 15) is 9.59 Å². The molecule has 0 atom stereocenters. The zero-order chi connectivity index (χ0) is 12.4. The van der Waals surface area contributed by atoms with Gasteiger partial charge in [0.1, 0.15) is 11.6 Å². The summed E-state index contributed by atoms with van der Waals surface area (Å²) >= 11 is 5.48. The lowest BCUT2D eigenvalue weighted by Crippen LogP contribution is -2.43. The molecule has 17 heavy (non-hydrogen) atoms. The van der Waals surface area contributed by atoms with Gasteiger partial charge in [0.05, 0.1) is 5.69 Å². The van der Waals surface area contributed by atoms with Crippen molar-refractivity contribution >= 4 is 29.1 Å². The zero-order valence-corrected chi connectivity index (χ0v) is 9.74. The van der Waals surface area contributed by atoms with Crippen molar-refractivity contribution in [1.29, 1.82) is 0 Å². The van der Waals surface area contributed by atoms with Crippen LogP contribution in [0.1, 0.15) is 5.56 Å². The maximum atomic E-state index is 11.6. The van der Waals surface area contributed by atoms with Gasteiger partial charge >= 0.3 is 0 Å². The molecule has 1 aliphatic heterocycles. The van der Waals surface area contributed by atoms with E-state index in [-0.39, 0.29) is 12.5 Å². The Morgan fingerprint density at radius 3 is 2.94 bits per heavy atom. The van der Waals surface area contributed by atoms with Crippen LogP contribution in [0.5, 0.6) is 5.75 Å². The average Bonchev–Trinajstić information content (AvgIpc) is 2.37. The van der Waals surface area contributed by atoms with Crippen molar-refractivity contribution in [2.24, 2.45) is 5.73 Å². The topological polar surface area (TPSA) is 72.6 Å². The average molecular weight is 255 g/mol. The minimum atomic E-state index is -0.463. The van der Waals surface area contributed by atoms with Gasteiger partial charge in [-0.2, -0.15) is 0 Å². The molecule has 2 amide bonds. The number of carbonyl (C=O) groups excluding carboxylic acids is 2. The Morgan fingerprint density at radius 1 is 1.53 bits per heavy atom. The summed E-state index contributed by atoms with van der Waals surface area (Å²) in [5.41, 5.74) is 6.74. The number of anilines is 1. The van der Waals surface area contributed by atoms with Crippen molar-refractivity contribution in [2.45, 2.75) is 6.54 Å². The Balaban J connectivity index is 2.48. The third-order valence-electron chi connectivity index (χ3n) is 2.46. The van der Waals surface area contributed by atoms with Gasteiger partial charge in [0, 0.05) is 6.54 Å². The molecule has 1 heterocycles. The number of imide groups is 1. The molecular formula is C11H11ClN2O3. The molecule has 6 heteroatoms. The quantitative estimate of drug-likeness (QED) is 0.786. The van der Waals surface area contributed by atoms with Gasteiger partial charge in [-0.05, 0) is 17.7 Å². The first-order valence-corrected chi connectivity index (χ1v) is 5.58. The minimum absolute atomic E-state index is 0.155. The molecule has 1 aromatic rings. The number of hydrogen-bond acceptors (Lipinski definition) is 4. The monoisotopic (exact) mass is 254 g/mol. The van der Waals surface area contributed by atoms with E-state index in [4.69, 9.17) is 22.1 Å². The van der Waals surface area contributed by atoms with E-state index in [2.05, 4.69) is 0 Å². The highest BCUT2D eigenvalue weighted by molar-refractivity contribution is 6.33. The van der Waals surface area contributed by atoms with E-state index < -0.39 is 11.8 Å². The number of amides is 2. The van der Waals surface area contributed by atoms with Gasteiger partial charge in [0.25, 0.3) is 5.91 Å². The van der Waals surface area contributed by atoms with Crippen LogP contribution in [0.3, 0.4) is 0 Å². The van der Waals surface area contributed by atoms with Crippen LogP contribution < -0.4 is 15.4 Å². The summed E-state index contributed by atoms with van der Waals surface area (Å²) in [6.45, 7) is 0.169. The molecule has 0 bridgehead atoms. The van der Waals surface area contributed by atoms with E-state index in [1.165, 1.54) is 0 Å². The van der Waals surface area contributed by atoms with Crippen molar-refractivity contribution in [3.63, 3.8) is 0 Å². The first kappa shape index (κ1) is 11.9. The fourth-order valence-corrected chi connectivity index (χ4v) is 1.78. The van der Waals surface area contributed by atoms with Crippen molar-refractivity contribution in [2.75, 3.05) is 17.4 Å². The number of nitrogens with zero attached hydrogens (tertiary/aromatic N) is 1. The van der Waals surface area contributed by atoms with Gasteiger partial charge in [0.15, 0.2) is 6.61 Å². The summed E-state index contributed by atoms with van der Waals surface area (Å²) in [6, 6.07) is 5.15. The Morgan fingerprint density at radius 2 is 2.29 bits per heavy atom. The lowest BCUT2D eigenvalue weighted by molar-refractivity contribution is -0.127. The van der Waals surface area contributed by atoms with Crippen LogP contribution >= 0.6 is 11.6 Å². The van der Waals surface area contributed by atoms with Crippen LogP contribution in [0.4, 0.5) is 5.69 Å². The Kier molecular flexibility index (Phi) is 3.31. The van der Waals surface area contributed by atoms with E-state index in [0.29, 0.717) is 18.0 Å². The van der Waals surface area contributed by atoms with Crippen molar-refractivity contribution < 1.29 is 14.3 Å². The molecule has 0 fully saturated rings. The van der Waals surface area contributed by atoms with Crippen LogP contribution in [0.15, 0.2) is 18.2 Å². The summed E-state index contributed by atoms with van der Waals surface area (Å²) in [5, 5.41) is 0. The summed E-state index contributed by atoms with van der Waals surface area (Å²) < 4.78 is 5.23. The molecule has 5 nitrogen and oxygen atoms in total. The third-order valence-corrected chi connectivity index (χ3v) is 2.69. The van der Waals surface area contributed by atoms with Gasteiger partial charge in [0.2, 0.25) is 5.91 Å². The summed E-state index contributed by atoms with van der Waals surface area (Å²) in [7, 11) is 0. The first-order chi connectivity index (χ1) is 8.17. The number of fused-ring (bicyclic) bond motifs is 1. The standard InChI is InChI=1S/C11H11ClN2O3/c12-4-10(15)14-8-3-7(5-13)1-2-9(8)17-6-11(14)16/h1-3H,4-6,13H2. The SMILES string of the molecule is NCc1ccc2c(c1)N(C(=O)CCl)C(=O)CO2. The second-order valence-electron chi connectivity index (χ2n) is 3.55. The van der Waals surface area contributed by atoms with Gasteiger partial charge in [-0.3, -0.25) is 9.59 Å². The number of halogens is 1. The Bertz CT molecular complexity index is 476. The molecule has 0 spiro atoms.